The van der Waals surface area contributed by atoms with E-state index in [-0.39, 0.29) is 17.6 Å². The Balaban J connectivity index is 1.27. The normalized spacial score (nSPS) is 31.2. The van der Waals surface area contributed by atoms with Crippen LogP contribution in [0.4, 0.5) is 18.9 Å². The van der Waals surface area contributed by atoms with Crippen LogP contribution in [-0.2, 0) is 20.4 Å². The highest BCUT2D eigenvalue weighted by molar-refractivity contribution is 5.85. The molecule has 1 aromatic heterocycles. The predicted octanol–water partition coefficient (Wildman–Crippen LogP) is 3.20. The van der Waals surface area contributed by atoms with E-state index in [1.807, 2.05) is 30.3 Å². The third-order valence-electron chi connectivity index (χ3n) is 6.26. The van der Waals surface area contributed by atoms with Crippen LogP contribution in [0, 0.1) is 0 Å². The van der Waals surface area contributed by atoms with Crippen LogP contribution in [0.15, 0.2) is 63.8 Å². The minimum absolute atomic E-state index is 0.188. The molecule has 10 heteroatoms. The van der Waals surface area contributed by atoms with Crippen LogP contribution >= 0.6 is 0 Å². The van der Waals surface area contributed by atoms with Crippen molar-refractivity contribution in [2.45, 2.75) is 43.0 Å². The van der Waals surface area contributed by atoms with Crippen molar-refractivity contribution in [3.63, 3.8) is 0 Å². The first kappa shape index (κ1) is 20.7. The van der Waals surface area contributed by atoms with E-state index >= 15 is 0 Å². The fraction of sp³-hybridized carbons (Fsp3) is 0.348. The van der Waals surface area contributed by atoms with E-state index < -0.39 is 54.2 Å². The molecule has 3 aliphatic rings. The lowest BCUT2D eigenvalue weighted by Crippen LogP contribution is -2.54. The number of aliphatic hydroxyl groups excluding tert-OH is 1. The van der Waals surface area contributed by atoms with Crippen LogP contribution in [0.5, 0.6) is 0 Å². The molecule has 6 atom stereocenters. The summed E-state index contributed by atoms with van der Waals surface area (Å²) >= 11 is 0. The molecule has 172 valence electrons. The smallest absolute Gasteiger partial charge is 0.417 e. The van der Waals surface area contributed by atoms with Crippen LogP contribution < -0.4 is 10.5 Å². The molecular weight excluding hydrogens is 443 g/mol. The molecule has 0 aliphatic carbocycles. The summed E-state index contributed by atoms with van der Waals surface area (Å²) in [7, 11) is 0. The molecule has 0 spiro atoms. The number of anilines is 1. The van der Waals surface area contributed by atoms with E-state index in [0.717, 1.165) is 5.56 Å². The summed E-state index contributed by atoms with van der Waals surface area (Å²) in [6.07, 6.45) is -7.85. The van der Waals surface area contributed by atoms with Crippen LogP contribution in [0.3, 0.4) is 0 Å². The lowest BCUT2D eigenvalue weighted by molar-refractivity contribution is -0.296. The Bertz CT molecular complexity index is 1260. The van der Waals surface area contributed by atoms with Crippen LogP contribution in [0.1, 0.15) is 17.4 Å². The summed E-state index contributed by atoms with van der Waals surface area (Å²) in [5.41, 5.74) is -1.04. The molecule has 3 unspecified atom stereocenters. The number of benzene rings is 2. The zero-order chi connectivity index (χ0) is 22.9. The number of halogens is 3. The van der Waals surface area contributed by atoms with Gasteiger partial charge in [0.25, 0.3) is 0 Å². The number of alkyl halides is 3. The zero-order valence-electron chi connectivity index (χ0n) is 16.9. The summed E-state index contributed by atoms with van der Waals surface area (Å²) in [6.45, 7) is 0.222. The summed E-state index contributed by atoms with van der Waals surface area (Å²) in [5, 5.41) is 10.8. The molecule has 2 aromatic carbocycles. The number of aliphatic hydroxyl groups is 1. The Morgan fingerprint density at radius 1 is 1.03 bits per heavy atom. The minimum atomic E-state index is -4.69. The third kappa shape index (κ3) is 3.41. The lowest BCUT2D eigenvalue weighted by Gasteiger charge is -2.40. The Kier molecular flexibility index (Phi) is 4.57. The molecule has 0 saturated carbocycles. The summed E-state index contributed by atoms with van der Waals surface area (Å²) in [4.78, 5) is 13.4. The Morgan fingerprint density at radius 3 is 2.58 bits per heavy atom. The largest absolute Gasteiger partial charge is 0.423 e. The molecule has 4 heterocycles. The summed E-state index contributed by atoms with van der Waals surface area (Å²) < 4.78 is 62.8. The highest BCUT2D eigenvalue weighted by atomic mass is 19.4. The molecule has 0 radical (unpaired) electrons. The van der Waals surface area contributed by atoms with Gasteiger partial charge in [0.05, 0.1) is 12.2 Å². The van der Waals surface area contributed by atoms with Crippen molar-refractivity contribution in [2.75, 3.05) is 11.5 Å². The molecule has 0 amide bonds. The van der Waals surface area contributed by atoms with Crippen molar-refractivity contribution in [1.29, 1.82) is 0 Å². The number of ether oxygens (including phenoxy) is 3. The Morgan fingerprint density at radius 2 is 1.82 bits per heavy atom. The van der Waals surface area contributed by atoms with Gasteiger partial charge in [-0.25, -0.2) is 4.79 Å². The summed E-state index contributed by atoms with van der Waals surface area (Å²) in [6, 6.07) is 13.4. The average molecular weight is 461 g/mol. The van der Waals surface area contributed by atoms with Gasteiger partial charge in [0.2, 0.25) is 0 Å². The van der Waals surface area contributed by atoms with E-state index in [4.69, 9.17) is 18.6 Å². The second kappa shape index (κ2) is 7.29. The van der Waals surface area contributed by atoms with Crippen molar-refractivity contribution >= 4 is 16.7 Å². The SMILES string of the molecule is O=c1cc(C(F)(F)F)c2ccc(N3C4[C@@H](O)[C@@H]5OC(c6ccccc6)OCC5O[C@@H]43)cc2o1. The first-order chi connectivity index (χ1) is 15.8. The first-order valence-electron chi connectivity index (χ1n) is 10.4. The maximum Gasteiger partial charge on any atom is 0.417 e. The van der Waals surface area contributed by atoms with Gasteiger partial charge in [0, 0.05) is 28.8 Å². The number of hydrogen-bond donors (Lipinski definition) is 1. The third-order valence-corrected chi connectivity index (χ3v) is 6.26. The van der Waals surface area contributed by atoms with Crippen molar-refractivity contribution < 1.29 is 36.9 Å². The molecule has 33 heavy (non-hydrogen) atoms. The van der Waals surface area contributed by atoms with E-state index in [0.29, 0.717) is 11.8 Å². The van der Waals surface area contributed by atoms with Crippen LogP contribution in [0.25, 0.3) is 11.0 Å². The van der Waals surface area contributed by atoms with E-state index in [2.05, 4.69) is 0 Å². The van der Waals surface area contributed by atoms with Crippen LogP contribution in [0.2, 0.25) is 0 Å². The monoisotopic (exact) mass is 461 g/mol. The molecule has 3 aromatic rings. The maximum absolute atomic E-state index is 13.3. The lowest BCUT2D eigenvalue weighted by atomic mass is 10.0. The second-order valence-electron chi connectivity index (χ2n) is 8.29. The van der Waals surface area contributed by atoms with Crippen molar-refractivity contribution in [3.8, 4) is 0 Å². The average Bonchev–Trinajstić information content (AvgIpc) is 3.52. The molecule has 6 rings (SSSR count). The molecular formula is C23H18F3NO6. The van der Waals surface area contributed by atoms with Gasteiger partial charge in [-0.2, -0.15) is 13.2 Å². The van der Waals surface area contributed by atoms with Crippen molar-refractivity contribution in [1.82, 2.24) is 0 Å². The number of fused-ring (bicyclic) bond motifs is 3. The van der Waals surface area contributed by atoms with Gasteiger partial charge in [-0.05, 0) is 12.1 Å². The van der Waals surface area contributed by atoms with E-state index in [1.54, 1.807) is 4.90 Å². The first-order valence-corrected chi connectivity index (χ1v) is 10.4. The molecule has 3 saturated heterocycles. The quantitative estimate of drug-likeness (QED) is 0.464. The van der Waals surface area contributed by atoms with Gasteiger partial charge < -0.3 is 28.6 Å². The van der Waals surface area contributed by atoms with Gasteiger partial charge >= 0.3 is 11.8 Å². The number of hydrogen-bond acceptors (Lipinski definition) is 7. The Hall–Kier alpha value is -2.92. The van der Waals surface area contributed by atoms with Crippen molar-refractivity contribution in [2.24, 2.45) is 0 Å². The van der Waals surface area contributed by atoms with Gasteiger partial charge in [-0.1, -0.05) is 30.3 Å². The molecule has 0 bridgehead atoms. The zero-order valence-corrected chi connectivity index (χ0v) is 16.9. The topological polar surface area (TPSA) is 81.1 Å². The summed E-state index contributed by atoms with van der Waals surface area (Å²) in [5.74, 6) is 0. The van der Waals surface area contributed by atoms with Crippen LogP contribution in [-0.4, -0.2) is 42.3 Å². The number of rotatable bonds is 2. The Labute approximate surface area is 184 Å². The highest BCUT2D eigenvalue weighted by Crippen LogP contribution is 2.47. The van der Waals surface area contributed by atoms with E-state index in [1.165, 1.54) is 18.2 Å². The maximum atomic E-state index is 13.3. The molecule has 3 aliphatic heterocycles. The standard InChI is InChI=1S/C23H18F3NO6/c24-23(25,26)14-9-17(28)31-15-8-12(6-7-13(14)15)27-18-19(29)20-16(32-21(18)27)10-30-22(33-20)11-4-2-1-3-5-11/h1-9,16,18-22,29H,10H2/t16?,18?,19-,20-,21+,22?,27?/m1/s1. The predicted molar refractivity (Wildman–Crippen MR) is 108 cm³/mol. The highest BCUT2D eigenvalue weighted by Gasteiger charge is 2.63. The fourth-order valence-corrected chi connectivity index (χ4v) is 4.69. The van der Waals surface area contributed by atoms with Gasteiger partial charge in [-0.3, -0.25) is 0 Å². The second-order valence-corrected chi connectivity index (χ2v) is 8.29. The van der Waals surface area contributed by atoms with Crippen molar-refractivity contribution in [3.05, 3.63) is 76.1 Å². The van der Waals surface area contributed by atoms with Gasteiger partial charge in [-0.15, -0.1) is 0 Å². The minimum Gasteiger partial charge on any atom is -0.423 e. The molecule has 3 fully saturated rings. The number of nitrogens with zero attached hydrogens (tertiary/aromatic N) is 1. The fourth-order valence-electron chi connectivity index (χ4n) is 4.69. The van der Waals surface area contributed by atoms with E-state index in [9.17, 15) is 23.1 Å². The molecule has 1 N–H and O–H groups in total. The molecule has 7 nitrogen and oxygen atoms in total. The van der Waals surface area contributed by atoms with Gasteiger partial charge in [0.15, 0.2) is 12.5 Å². The van der Waals surface area contributed by atoms with Gasteiger partial charge in [0.1, 0.15) is 29.9 Å².